The predicted octanol–water partition coefficient (Wildman–Crippen LogP) is 1.90. The van der Waals surface area contributed by atoms with Gasteiger partial charge in [-0.05, 0) is 12.5 Å². The summed E-state index contributed by atoms with van der Waals surface area (Å²) in [4.78, 5) is 11.4. The molecule has 0 bridgehead atoms. The number of aliphatic carboxylic acids is 1. The van der Waals surface area contributed by atoms with Crippen LogP contribution in [-0.4, -0.2) is 20.9 Å². The number of hydrogen-bond donors (Lipinski definition) is 2. The Balaban J connectivity index is 2.16. The minimum atomic E-state index is -0.887. The van der Waals surface area contributed by atoms with Crippen LogP contribution in [-0.2, 0) is 11.8 Å². The highest BCUT2D eigenvalue weighted by molar-refractivity contribution is 5.75. The van der Waals surface area contributed by atoms with Crippen LogP contribution in [0.3, 0.4) is 0 Å². The van der Waals surface area contributed by atoms with Crippen molar-refractivity contribution in [3.8, 4) is 0 Å². The van der Waals surface area contributed by atoms with Crippen LogP contribution in [0.5, 0.6) is 0 Å². The third kappa shape index (κ3) is 3.20. The van der Waals surface area contributed by atoms with Gasteiger partial charge in [0, 0.05) is 24.8 Å². The van der Waals surface area contributed by atoms with E-state index in [1.54, 1.807) is 10.9 Å². The molecule has 5 heteroatoms. The van der Waals surface area contributed by atoms with E-state index in [4.69, 9.17) is 0 Å². The van der Waals surface area contributed by atoms with Gasteiger partial charge in [0.15, 0.2) is 0 Å². The molecular formula is C14H17N3O2. The fraction of sp³-hybridized carbons (Fsp3) is 0.286. The van der Waals surface area contributed by atoms with E-state index in [0.717, 1.165) is 11.1 Å². The number of aromatic nitrogens is 2. The fourth-order valence-corrected chi connectivity index (χ4v) is 1.97. The zero-order chi connectivity index (χ0) is 13.8. The first-order valence-corrected chi connectivity index (χ1v) is 6.10. The molecule has 0 aliphatic heterocycles. The fourth-order valence-electron chi connectivity index (χ4n) is 1.97. The minimum absolute atomic E-state index is 0.0880. The monoisotopic (exact) mass is 259 g/mol. The molecule has 0 aliphatic carbocycles. The molecule has 1 aromatic heterocycles. The van der Waals surface area contributed by atoms with Gasteiger partial charge in [0.25, 0.3) is 0 Å². The molecule has 0 saturated carbocycles. The Morgan fingerprint density at radius 2 is 2.00 bits per heavy atom. The SMILES string of the molecule is CC(NC(C(=O)O)c1ccccc1)c1cnn(C)c1. The summed E-state index contributed by atoms with van der Waals surface area (Å²) in [6.07, 6.45) is 3.61. The largest absolute Gasteiger partial charge is 0.480 e. The maximum absolute atomic E-state index is 11.4. The third-order valence-corrected chi connectivity index (χ3v) is 3.02. The molecule has 2 atom stereocenters. The maximum Gasteiger partial charge on any atom is 0.325 e. The smallest absolute Gasteiger partial charge is 0.325 e. The molecule has 19 heavy (non-hydrogen) atoms. The summed E-state index contributed by atoms with van der Waals surface area (Å²) in [5, 5.41) is 16.5. The van der Waals surface area contributed by atoms with E-state index in [0.29, 0.717) is 0 Å². The first-order chi connectivity index (χ1) is 9.08. The molecule has 1 aromatic carbocycles. The Morgan fingerprint density at radius 1 is 1.32 bits per heavy atom. The van der Waals surface area contributed by atoms with Crippen molar-refractivity contribution >= 4 is 5.97 Å². The van der Waals surface area contributed by atoms with E-state index < -0.39 is 12.0 Å². The summed E-state index contributed by atoms with van der Waals surface area (Å²) in [7, 11) is 1.84. The molecule has 0 saturated heterocycles. The Labute approximate surface area is 111 Å². The topological polar surface area (TPSA) is 67.2 Å². The van der Waals surface area contributed by atoms with Gasteiger partial charge in [-0.2, -0.15) is 5.10 Å². The quantitative estimate of drug-likeness (QED) is 0.860. The summed E-state index contributed by atoms with van der Waals surface area (Å²) in [6.45, 7) is 1.93. The first kappa shape index (κ1) is 13.3. The lowest BCUT2D eigenvalue weighted by Gasteiger charge is -2.19. The lowest BCUT2D eigenvalue weighted by Crippen LogP contribution is -2.30. The second kappa shape index (κ2) is 5.67. The molecule has 0 radical (unpaired) electrons. The van der Waals surface area contributed by atoms with Crippen LogP contribution in [0.25, 0.3) is 0 Å². The average Bonchev–Trinajstić information content (AvgIpc) is 2.83. The molecule has 2 rings (SSSR count). The van der Waals surface area contributed by atoms with Gasteiger partial charge in [0.05, 0.1) is 6.20 Å². The lowest BCUT2D eigenvalue weighted by atomic mass is 10.0. The van der Waals surface area contributed by atoms with Gasteiger partial charge in [-0.3, -0.25) is 14.8 Å². The molecule has 5 nitrogen and oxygen atoms in total. The number of carboxylic acid groups (broad SMARTS) is 1. The molecule has 2 unspecified atom stereocenters. The predicted molar refractivity (Wildman–Crippen MR) is 71.6 cm³/mol. The van der Waals surface area contributed by atoms with E-state index in [-0.39, 0.29) is 6.04 Å². The zero-order valence-corrected chi connectivity index (χ0v) is 10.9. The molecule has 1 heterocycles. The summed E-state index contributed by atoms with van der Waals surface area (Å²) in [5.74, 6) is -0.887. The van der Waals surface area contributed by atoms with Gasteiger partial charge in [-0.1, -0.05) is 30.3 Å². The van der Waals surface area contributed by atoms with Gasteiger partial charge in [-0.15, -0.1) is 0 Å². The van der Waals surface area contributed by atoms with Crippen molar-refractivity contribution in [2.75, 3.05) is 0 Å². The van der Waals surface area contributed by atoms with Crippen LogP contribution in [0, 0.1) is 0 Å². The zero-order valence-electron chi connectivity index (χ0n) is 10.9. The van der Waals surface area contributed by atoms with E-state index in [2.05, 4.69) is 10.4 Å². The van der Waals surface area contributed by atoms with Crippen LogP contribution < -0.4 is 5.32 Å². The molecule has 0 fully saturated rings. The summed E-state index contributed by atoms with van der Waals surface area (Å²) >= 11 is 0. The molecule has 0 aliphatic rings. The van der Waals surface area contributed by atoms with Crippen LogP contribution in [0.15, 0.2) is 42.7 Å². The molecule has 2 N–H and O–H groups in total. The Morgan fingerprint density at radius 3 is 2.53 bits per heavy atom. The van der Waals surface area contributed by atoms with E-state index in [1.807, 2.05) is 50.5 Å². The number of hydrogen-bond acceptors (Lipinski definition) is 3. The van der Waals surface area contributed by atoms with Gasteiger partial charge in [-0.25, -0.2) is 0 Å². The second-order valence-corrected chi connectivity index (χ2v) is 4.52. The molecule has 0 amide bonds. The number of aryl methyl sites for hydroxylation is 1. The molecule has 2 aromatic rings. The Hall–Kier alpha value is -2.14. The third-order valence-electron chi connectivity index (χ3n) is 3.02. The van der Waals surface area contributed by atoms with Crippen molar-refractivity contribution in [2.24, 2.45) is 7.05 Å². The van der Waals surface area contributed by atoms with Gasteiger partial charge in [0.1, 0.15) is 6.04 Å². The Kier molecular flexibility index (Phi) is 3.97. The Bertz CT molecular complexity index is 551. The van der Waals surface area contributed by atoms with Crippen LogP contribution in [0.1, 0.15) is 30.1 Å². The highest BCUT2D eigenvalue weighted by atomic mass is 16.4. The van der Waals surface area contributed by atoms with Gasteiger partial charge in [0.2, 0.25) is 0 Å². The number of rotatable bonds is 5. The normalized spacial score (nSPS) is 14.0. The minimum Gasteiger partial charge on any atom is -0.480 e. The van der Waals surface area contributed by atoms with Crippen molar-refractivity contribution in [3.63, 3.8) is 0 Å². The maximum atomic E-state index is 11.4. The summed E-state index contributed by atoms with van der Waals surface area (Å²) in [5.41, 5.74) is 1.70. The summed E-state index contributed by atoms with van der Waals surface area (Å²) < 4.78 is 1.70. The van der Waals surface area contributed by atoms with E-state index in [9.17, 15) is 9.90 Å². The molecule has 0 spiro atoms. The number of carbonyl (C=O) groups is 1. The highest BCUT2D eigenvalue weighted by Gasteiger charge is 2.22. The summed E-state index contributed by atoms with van der Waals surface area (Å²) in [6, 6.07) is 8.34. The standard InChI is InChI=1S/C14H17N3O2/c1-10(12-8-15-17(2)9-12)16-13(14(18)19)11-6-4-3-5-7-11/h3-10,13,16H,1-2H3,(H,18,19). The lowest BCUT2D eigenvalue weighted by molar-refractivity contribution is -0.139. The van der Waals surface area contributed by atoms with Crippen LogP contribution >= 0.6 is 0 Å². The van der Waals surface area contributed by atoms with Crippen LogP contribution in [0.4, 0.5) is 0 Å². The van der Waals surface area contributed by atoms with Crippen molar-refractivity contribution in [1.29, 1.82) is 0 Å². The number of nitrogens with one attached hydrogen (secondary N) is 1. The van der Waals surface area contributed by atoms with Crippen molar-refractivity contribution < 1.29 is 9.90 Å². The average molecular weight is 259 g/mol. The number of benzene rings is 1. The number of carboxylic acids is 1. The molecular weight excluding hydrogens is 242 g/mol. The van der Waals surface area contributed by atoms with Gasteiger partial charge >= 0.3 is 5.97 Å². The molecule has 100 valence electrons. The van der Waals surface area contributed by atoms with Crippen molar-refractivity contribution in [3.05, 3.63) is 53.9 Å². The van der Waals surface area contributed by atoms with E-state index in [1.165, 1.54) is 0 Å². The second-order valence-electron chi connectivity index (χ2n) is 4.52. The highest BCUT2D eigenvalue weighted by Crippen LogP contribution is 2.19. The number of nitrogens with zero attached hydrogens (tertiary/aromatic N) is 2. The van der Waals surface area contributed by atoms with E-state index >= 15 is 0 Å². The van der Waals surface area contributed by atoms with Crippen LogP contribution in [0.2, 0.25) is 0 Å². The van der Waals surface area contributed by atoms with Gasteiger partial charge < -0.3 is 5.11 Å². The van der Waals surface area contributed by atoms with Crippen molar-refractivity contribution in [1.82, 2.24) is 15.1 Å². The first-order valence-electron chi connectivity index (χ1n) is 6.10. The van der Waals surface area contributed by atoms with Crippen molar-refractivity contribution in [2.45, 2.75) is 19.0 Å².